The molecule has 4 heteroatoms. The normalized spacial score (nSPS) is 41.9. The van der Waals surface area contributed by atoms with E-state index >= 15 is 0 Å². The van der Waals surface area contributed by atoms with Crippen molar-refractivity contribution in [1.29, 1.82) is 0 Å². The molecule has 4 unspecified atom stereocenters. The zero-order valence-corrected chi connectivity index (χ0v) is 12.0. The molecule has 100 valence electrons. The Labute approximate surface area is 105 Å². The molecule has 0 aromatic heterocycles. The van der Waals surface area contributed by atoms with Crippen LogP contribution < -0.4 is 5.32 Å². The number of sulfone groups is 1. The van der Waals surface area contributed by atoms with Crippen LogP contribution in [0.3, 0.4) is 0 Å². The van der Waals surface area contributed by atoms with Gasteiger partial charge < -0.3 is 5.32 Å². The van der Waals surface area contributed by atoms with Crippen LogP contribution in [0.15, 0.2) is 0 Å². The molecule has 1 N–H and O–H groups in total. The van der Waals surface area contributed by atoms with Gasteiger partial charge in [0.15, 0.2) is 9.84 Å². The molecule has 2 fully saturated rings. The lowest BCUT2D eigenvalue weighted by atomic mass is 9.79. The van der Waals surface area contributed by atoms with Crippen molar-refractivity contribution in [2.75, 3.05) is 6.54 Å². The van der Waals surface area contributed by atoms with Crippen LogP contribution in [0, 0.1) is 11.8 Å². The molecule has 0 amide bonds. The van der Waals surface area contributed by atoms with E-state index in [4.69, 9.17) is 0 Å². The van der Waals surface area contributed by atoms with Crippen LogP contribution in [0.2, 0.25) is 0 Å². The van der Waals surface area contributed by atoms with Crippen molar-refractivity contribution in [3.05, 3.63) is 0 Å². The molecule has 0 bridgehead atoms. The largest absolute Gasteiger partial charge is 0.313 e. The highest BCUT2D eigenvalue weighted by Gasteiger charge is 2.43. The third kappa shape index (κ3) is 2.53. The lowest BCUT2D eigenvalue weighted by molar-refractivity contribution is 0.244. The molecule has 1 aliphatic carbocycles. The summed E-state index contributed by atoms with van der Waals surface area (Å²) in [5.74, 6) is 1.18. The molecule has 1 heterocycles. The van der Waals surface area contributed by atoms with Crippen LogP contribution in [-0.4, -0.2) is 31.5 Å². The Morgan fingerprint density at radius 3 is 2.53 bits per heavy atom. The Morgan fingerprint density at radius 1 is 1.18 bits per heavy atom. The quantitative estimate of drug-likeness (QED) is 0.783. The molecule has 0 radical (unpaired) electrons. The van der Waals surface area contributed by atoms with Crippen LogP contribution in [0.5, 0.6) is 0 Å². The van der Waals surface area contributed by atoms with Gasteiger partial charge in [0, 0.05) is 6.04 Å². The van der Waals surface area contributed by atoms with Crippen molar-refractivity contribution in [3.63, 3.8) is 0 Å². The first-order chi connectivity index (χ1) is 7.93. The summed E-state index contributed by atoms with van der Waals surface area (Å²) in [6.07, 6.45) is 3.83. The van der Waals surface area contributed by atoms with Crippen LogP contribution in [0.1, 0.15) is 46.5 Å². The number of nitrogens with one attached hydrogen (secondary N) is 1. The van der Waals surface area contributed by atoms with E-state index in [0.29, 0.717) is 11.8 Å². The Balaban J connectivity index is 2.23. The molecule has 1 aliphatic heterocycles. The Kier molecular flexibility index (Phi) is 3.83. The van der Waals surface area contributed by atoms with Crippen molar-refractivity contribution in [2.24, 2.45) is 11.8 Å². The first-order valence-corrected chi connectivity index (χ1v) is 8.50. The van der Waals surface area contributed by atoms with Gasteiger partial charge in [-0.2, -0.15) is 0 Å². The fourth-order valence-electron chi connectivity index (χ4n) is 3.30. The van der Waals surface area contributed by atoms with Crippen LogP contribution in [0.25, 0.3) is 0 Å². The minimum atomic E-state index is -2.93. The molecule has 4 atom stereocenters. The molecule has 3 nitrogen and oxygen atoms in total. The summed E-state index contributed by atoms with van der Waals surface area (Å²) in [4.78, 5) is 0. The summed E-state index contributed by atoms with van der Waals surface area (Å²) < 4.78 is 25.0. The van der Waals surface area contributed by atoms with E-state index < -0.39 is 9.84 Å². The zero-order valence-electron chi connectivity index (χ0n) is 11.1. The predicted molar refractivity (Wildman–Crippen MR) is 70.8 cm³/mol. The molecule has 0 aromatic carbocycles. The van der Waals surface area contributed by atoms with Gasteiger partial charge in [-0.3, -0.25) is 0 Å². The van der Waals surface area contributed by atoms with E-state index in [0.717, 1.165) is 25.8 Å². The van der Waals surface area contributed by atoms with E-state index in [1.165, 1.54) is 6.42 Å². The molecule has 2 rings (SSSR count). The highest BCUT2D eigenvalue weighted by Crippen LogP contribution is 2.36. The summed E-state index contributed by atoms with van der Waals surface area (Å²) in [5, 5.41) is 3.14. The fourth-order valence-corrected chi connectivity index (χ4v) is 5.55. The minimum Gasteiger partial charge on any atom is -0.313 e. The van der Waals surface area contributed by atoms with Crippen molar-refractivity contribution in [2.45, 2.75) is 63.0 Å². The number of hydrogen-bond acceptors (Lipinski definition) is 3. The second-order valence-electron chi connectivity index (χ2n) is 6.10. The van der Waals surface area contributed by atoms with Crippen molar-refractivity contribution < 1.29 is 8.42 Å². The monoisotopic (exact) mass is 259 g/mol. The molecular formula is C13H25NO2S. The highest BCUT2D eigenvalue weighted by molar-refractivity contribution is 7.92. The molecule has 2 aliphatic rings. The van der Waals surface area contributed by atoms with Gasteiger partial charge in [-0.15, -0.1) is 0 Å². The molecule has 1 saturated heterocycles. The van der Waals surface area contributed by atoms with Gasteiger partial charge in [-0.25, -0.2) is 8.42 Å². The smallest absolute Gasteiger partial charge is 0.157 e. The lowest BCUT2D eigenvalue weighted by Gasteiger charge is -2.37. The van der Waals surface area contributed by atoms with Crippen LogP contribution in [0.4, 0.5) is 0 Å². The summed E-state index contributed by atoms with van der Waals surface area (Å²) in [6.45, 7) is 7.16. The fraction of sp³-hybridized carbons (Fsp3) is 1.00. The maximum Gasteiger partial charge on any atom is 0.157 e. The lowest BCUT2D eigenvalue weighted by Crippen LogP contribution is -2.48. The van der Waals surface area contributed by atoms with Gasteiger partial charge in [0.05, 0.1) is 10.5 Å². The average Bonchev–Trinajstić information content (AvgIpc) is 2.38. The standard InChI is InChI=1S/C13H25NO2S/c1-9(2)11-4-5-12-13(8-11)17(15,16)10(3)6-7-14-12/h9-14H,4-8H2,1-3H3. The van der Waals surface area contributed by atoms with E-state index in [-0.39, 0.29) is 16.5 Å². The number of hydrogen-bond donors (Lipinski definition) is 1. The minimum absolute atomic E-state index is 0.138. The second-order valence-corrected chi connectivity index (χ2v) is 8.69. The van der Waals surface area contributed by atoms with Gasteiger partial charge in [0.2, 0.25) is 0 Å². The Morgan fingerprint density at radius 2 is 1.88 bits per heavy atom. The Bertz CT molecular complexity index is 364. The Hall–Kier alpha value is -0.0900. The number of fused-ring (bicyclic) bond motifs is 1. The summed E-state index contributed by atoms with van der Waals surface area (Å²) in [7, 11) is -2.93. The maximum absolute atomic E-state index is 12.5. The SMILES string of the molecule is CC(C)C1CCC2NCCC(C)S(=O)(=O)C2C1. The van der Waals surface area contributed by atoms with Gasteiger partial charge >= 0.3 is 0 Å². The predicted octanol–water partition coefficient (Wildman–Crippen LogP) is 1.98. The summed E-state index contributed by atoms with van der Waals surface area (Å²) in [6, 6.07) is 0.208. The highest BCUT2D eigenvalue weighted by atomic mass is 32.2. The van der Waals surface area contributed by atoms with E-state index in [1.54, 1.807) is 0 Å². The topological polar surface area (TPSA) is 46.2 Å². The van der Waals surface area contributed by atoms with Crippen molar-refractivity contribution in [3.8, 4) is 0 Å². The van der Waals surface area contributed by atoms with Crippen molar-refractivity contribution in [1.82, 2.24) is 5.32 Å². The van der Waals surface area contributed by atoms with E-state index in [2.05, 4.69) is 19.2 Å². The number of rotatable bonds is 1. The molecule has 0 spiro atoms. The van der Waals surface area contributed by atoms with E-state index in [9.17, 15) is 8.42 Å². The third-order valence-electron chi connectivity index (χ3n) is 4.72. The average molecular weight is 259 g/mol. The van der Waals surface area contributed by atoms with Gasteiger partial charge in [0.1, 0.15) is 0 Å². The van der Waals surface area contributed by atoms with Gasteiger partial charge in [0.25, 0.3) is 0 Å². The molecular weight excluding hydrogens is 234 g/mol. The van der Waals surface area contributed by atoms with Crippen molar-refractivity contribution >= 4 is 9.84 Å². The van der Waals surface area contributed by atoms with Crippen LogP contribution in [-0.2, 0) is 9.84 Å². The van der Waals surface area contributed by atoms with E-state index in [1.807, 2.05) is 6.92 Å². The second kappa shape index (κ2) is 4.88. The van der Waals surface area contributed by atoms with Gasteiger partial charge in [-0.05, 0) is 51.0 Å². The first-order valence-electron chi connectivity index (χ1n) is 6.89. The van der Waals surface area contributed by atoms with Gasteiger partial charge in [-0.1, -0.05) is 13.8 Å². The molecule has 0 aromatic rings. The first kappa shape index (κ1) is 13.3. The molecule has 17 heavy (non-hydrogen) atoms. The van der Waals surface area contributed by atoms with Crippen LogP contribution >= 0.6 is 0 Å². The molecule has 1 saturated carbocycles. The zero-order chi connectivity index (χ0) is 12.6. The maximum atomic E-state index is 12.5. The third-order valence-corrected chi connectivity index (χ3v) is 7.44. The summed E-state index contributed by atoms with van der Waals surface area (Å²) in [5.41, 5.74) is 0. The summed E-state index contributed by atoms with van der Waals surface area (Å²) >= 11 is 0.